The van der Waals surface area contributed by atoms with Crippen LogP contribution in [0.25, 0.3) is 10.9 Å². The Morgan fingerprint density at radius 2 is 2.55 bits per heavy atom. The average Bonchev–Trinajstić information content (AvgIpc) is 2.46. The monoisotopic (exact) mass is 146 g/mol. The van der Waals surface area contributed by atoms with Crippen molar-refractivity contribution in [3.8, 4) is 0 Å². The van der Waals surface area contributed by atoms with E-state index in [1.54, 1.807) is 17.1 Å². The summed E-state index contributed by atoms with van der Waals surface area (Å²) in [6.07, 6.45) is 6.60. The van der Waals surface area contributed by atoms with Gasteiger partial charge in [0.25, 0.3) is 0 Å². The van der Waals surface area contributed by atoms with E-state index < -0.39 is 0 Å². The van der Waals surface area contributed by atoms with Crippen molar-refractivity contribution in [3.05, 3.63) is 24.7 Å². The Morgan fingerprint density at radius 3 is 3.27 bits per heavy atom. The van der Waals surface area contributed by atoms with E-state index in [9.17, 15) is 0 Å². The largest absolute Gasteiger partial charge is 0.264 e. The van der Waals surface area contributed by atoms with E-state index in [1.165, 1.54) is 0 Å². The van der Waals surface area contributed by atoms with Gasteiger partial charge >= 0.3 is 0 Å². The highest BCUT2D eigenvalue weighted by Crippen LogP contribution is 2.07. The fourth-order valence-electron chi connectivity index (χ4n) is 1.00. The highest BCUT2D eigenvalue weighted by molar-refractivity contribution is 5.75. The molecule has 1 radical (unpaired) electrons. The normalized spacial score (nSPS) is 10.6. The maximum Gasteiger partial charge on any atom is 0.0964 e. The number of hydrogen-bond acceptors (Lipinski definition) is 2. The quantitative estimate of drug-likeness (QED) is 0.606. The Balaban J connectivity index is 2.69. The maximum absolute atomic E-state index is 4.25. The van der Waals surface area contributed by atoms with Crippen LogP contribution >= 0.6 is 0 Å². The summed E-state index contributed by atoms with van der Waals surface area (Å²) in [5.74, 6) is 0. The van der Waals surface area contributed by atoms with Gasteiger partial charge in [-0.05, 0) is 13.0 Å². The third-order valence-corrected chi connectivity index (χ3v) is 1.58. The number of aryl methyl sites for hydroxylation is 1. The molecule has 2 aromatic heterocycles. The van der Waals surface area contributed by atoms with Gasteiger partial charge in [0.1, 0.15) is 0 Å². The average molecular weight is 146 g/mol. The van der Waals surface area contributed by atoms with Crippen molar-refractivity contribution in [1.82, 2.24) is 14.8 Å². The highest BCUT2D eigenvalue weighted by Gasteiger charge is 1.97. The van der Waals surface area contributed by atoms with Crippen molar-refractivity contribution in [1.29, 1.82) is 0 Å². The number of fused-ring (bicyclic) bond motifs is 1. The summed E-state index contributed by atoms with van der Waals surface area (Å²) in [4.78, 5) is 3.98. The maximum atomic E-state index is 4.25. The Morgan fingerprint density at radius 1 is 1.64 bits per heavy atom. The van der Waals surface area contributed by atoms with Crippen LogP contribution in [0.3, 0.4) is 0 Å². The van der Waals surface area contributed by atoms with Crippen molar-refractivity contribution in [2.45, 2.75) is 13.5 Å². The molecule has 3 nitrogen and oxygen atoms in total. The number of aromatic nitrogens is 3. The summed E-state index contributed by atoms with van der Waals surface area (Å²) in [6.45, 7) is 2.89. The lowest BCUT2D eigenvalue weighted by atomic mass is 10.3. The minimum Gasteiger partial charge on any atom is -0.264 e. The van der Waals surface area contributed by atoms with Crippen LogP contribution in [0.4, 0.5) is 0 Å². The van der Waals surface area contributed by atoms with E-state index in [0.29, 0.717) is 0 Å². The third kappa shape index (κ3) is 0.981. The molecule has 0 N–H and O–H groups in total. The first-order chi connectivity index (χ1) is 5.40. The van der Waals surface area contributed by atoms with E-state index in [1.807, 2.05) is 13.0 Å². The first kappa shape index (κ1) is 6.34. The fraction of sp³-hybridized carbons (Fsp3) is 0.250. The third-order valence-electron chi connectivity index (χ3n) is 1.58. The van der Waals surface area contributed by atoms with Gasteiger partial charge in [-0.2, -0.15) is 5.10 Å². The molecular formula is C8H8N3. The number of pyridine rings is 1. The summed E-state index contributed by atoms with van der Waals surface area (Å²) >= 11 is 0. The minimum atomic E-state index is 0.856. The zero-order valence-corrected chi connectivity index (χ0v) is 6.28. The summed E-state index contributed by atoms with van der Waals surface area (Å²) in [5.41, 5.74) is 0.960. The van der Waals surface area contributed by atoms with E-state index in [2.05, 4.69) is 16.3 Å². The number of nitrogens with zero attached hydrogens (tertiary/aromatic N) is 3. The topological polar surface area (TPSA) is 30.7 Å². The molecule has 0 aliphatic heterocycles. The molecule has 0 aliphatic carbocycles. The second-order valence-electron chi connectivity index (χ2n) is 2.32. The molecule has 0 unspecified atom stereocenters. The zero-order chi connectivity index (χ0) is 7.68. The predicted octanol–water partition coefficient (Wildman–Crippen LogP) is 1.25. The molecule has 11 heavy (non-hydrogen) atoms. The first-order valence-corrected chi connectivity index (χ1v) is 3.60. The van der Waals surface area contributed by atoms with Crippen molar-refractivity contribution in [2.75, 3.05) is 0 Å². The van der Waals surface area contributed by atoms with Crippen LogP contribution in [0, 0.1) is 6.20 Å². The summed E-state index contributed by atoms with van der Waals surface area (Å²) in [5, 5.41) is 5.23. The number of hydrogen-bond donors (Lipinski definition) is 0. The summed E-state index contributed by atoms with van der Waals surface area (Å²) in [7, 11) is 0. The Bertz CT molecular complexity index is 331. The molecular weight excluding hydrogens is 138 g/mol. The van der Waals surface area contributed by atoms with Crippen LogP contribution in [0.1, 0.15) is 6.92 Å². The second kappa shape index (κ2) is 2.34. The van der Waals surface area contributed by atoms with Gasteiger partial charge in [-0.3, -0.25) is 9.67 Å². The summed E-state index contributed by atoms with van der Waals surface area (Å²) in [6, 6.07) is 1.89. The van der Waals surface area contributed by atoms with E-state index in [0.717, 1.165) is 17.4 Å². The Hall–Kier alpha value is -1.38. The molecule has 0 fully saturated rings. The predicted molar refractivity (Wildman–Crippen MR) is 42.0 cm³/mol. The molecule has 55 valence electrons. The SMILES string of the molecule is CCn1[c]c2cnccc2n1. The molecule has 0 bridgehead atoms. The van der Waals surface area contributed by atoms with Crippen molar-refractivity contribution < 1.29 is 0 Å². The zero-order valence-electron chi connectivity index (χ0n) is 6.28. The summed E-state index contributed by atoms with van der Waals surface area (Å²) < 4.78 is 1.78. The first-order valence-electron chi connectivity index (χ1n) is 3.60. The van der Waals surface area contributed by atoms with Crippen LogP contribution in [-0.2, 0) is 6.54 Å². The standard InChI is InChI=1S/C8H8N3/c1-2-11-6-7-5-9-4-3-8(7)10-11/h3-5H,2H2,1H3. The molecule has 2 aromatic rings. The fourth-order valence-corrected chi connectivity index (χ4v) is 1.00. The van der Waals surface area contributed by atoms with Gasteiger partial charge in [0.2, 0.25) is 0 Å². The Kier molecular flexibility index (Phi) is 1.35. The molecule has 0 aliphatic rings. The van der Waals surface area contributed by atoms with Crippen LogP contribution in [0.5, 0.6) is 0 Å². The van der Waals surface area contributed by atoms with Crippen molar-refractivity contribution in [3.63, 3.8) is 0 Å². The van der Waals surface area contributed by atoms with Gasteiger partial charge in [0.15, 0.2) is 0 Å². The van der Waals surface area contributed by atoms with Gasteiger partial charge < -0.3 is 0 Å². The van der Waals surface area contributed by atoms with Gasteiger partial charge in [-0.1, -0.05) is 0 Å². The lowest BCUT2D eigenvalue weighted by Crippen LogP contribution is -1.92. The van der Waals surface area contributed by atoms with Crippen molar-refractivity contribution >= 4 is 10.9 Å². The van der Waals surface area contributed by atoms with E-state index >= 15 is 0 Å². The molecule has 2 heterocycles. The molecule has 0 saturated heterocycles. The lowest BCUT2D eigenvalue weighted by molar-refractivity contribution is 0.663. The molecule has 2 rings (SSSR count). The molecule has 0 aromatic carbocycles. The van der Waals surface area contributed by atoms with Gasteiger partial charge in [0.05, 0.1) is 11.7 Å². The second-order valence-corrected chi connectivity index (χ2v) is 2.32. The van der Waals surface area contributed by atoms with Gasteiger partial charge in [0, 0.05) is 24.3 Å². The van der Waals surface area contributed by atoms with Crippen LogP contribution in [0.15, 0.2) is 18.5 Å². The van der Waals surface area contributed by atoms with E-state index in [4.69, 9.17) is 0 Å². The molecule has 0 saturated carbocycles. The molecule has 0 amide bonds. The molecule has 3 heteroatoms. The lowest BCUT2D eigenvalue weighted by Gasteiger charge is -1.87. The van der Waals surface area contributed by atoms with Crippen LogP contribution in [-0.4, -0.2) is 14.8 Å². The smallest absolute Gasteiger partial charge is 0.0964 e. The van der Waals surface area contributed by atoms with Crippen molar-refractivity contribution in [2.24, 2.45) is 0 Å². The van der Waals surface area contributed by atoms with Gasteiger partial charge in [-0.15, -0.1) is 0 Å². The van der Waals surface area contributed by atoms with Crippen LogP contribution < -0.4 is 0 Å². The minimum absolute atomic E-state index is 0.856. The molecule has 0 spiro atoms. The number of rotatable bonds is 1. The van der Waals surface area contributed by atoms with Crippen LogP contribution in [0.2, 0.25) is 0 Å². The molecule has 0 atom stereocenters. The highest BCUT2D eigenvalue weighted by atomic mass is 15.3. The Labute approximate surface area is 64.7 Å². The van der Waals surface area contributed by atoms with E-state index in [-0.39, 0.29) is 0 Å². The van der Waals surface area contributed by atoms with Gasteiger partial charge in [-0.25, -0.2) is 0 Å².